The molecule has 0 unspecified atom stereocenters. The molecule has 170 valence electrons. The smallest absolute Gasteiger partial charge is 0.354 e. The highest BCUT2D eigenvalue weighted by Crippen LogP contribution is 2.15. The summed E-state index contributed by atoms with van der Waals surface area (Å²) in [6.07, 6.45) is 6.45. The lowest BCUT2D eigenvalue weighted by Crippen LogP contribution is -2.07. The number of hydrogen-bond donors (Lipinski definition) is 4. The van der Waals surface area contributed by atoms with Crippen LogP contribution in [0, 0.1) is 0 Å². The largest absolute Gasteiger partial charge is 0.477 e. The molecule has 10 nitrogen and oxygen atoms in total. The number of carboxylic acids is 4. The Labute approximate surface area is 191 Å². The third-order valence-corrected chi connectivity index (χ3v) is 4.44. The Hall–Kier alpha value is -5.12. The van der Waals surface area contributed by atoms with Crippen molar-refractivity contribution in [1.29, 1.82) is 0 Å². The fraction of sp³-hybridized carbons (Fsp3) is 0. The Morgan fingerprint density at radius 1 is 0.471 bits per heavy atom. The quantitative estimate of drug-likeness (QED) is 0.388. The number of carboxylic acid groups (broad SMARTS) is 4. The third-order valence-electron chi connectivity index (χ3n) is 4.44. The number of rotatable bonds is 8. The van der Waals surface area contributed by atoms with E-state index in [0.29, 0.717) is 11.1 Å². The Morgan fingerprint density at radius 2 is 0.706 bits per heavy atom. The predicted molar refractivity (Wildman–Crippen MR) is 121 cm³/mol. The van der Waals surface area contributed by atoms with Gasteiger partial charge < -0.3 is 20.4 Å². The monoisotopic (exact) mass is 460 g/mol. The van der Waals surface area contributed by atoms with E-state index in [2.05, 4.69) is 9.97 Å². The second kappa shape index (κ2) is 10.0. The Kier molecular flexibility index (Phi) is 6.92. The first-order chi connectivity index (χ1) is 16.1. The van der Waals surface area contributed by atoms with Crippen LogP contribution < -0.4 is 0 Å². The molecule has 0 amide bonds. The first-order valence-electron chi connectivity index (χ1n) is 9.56. The fourth-order valence-electron chi connectivity index (χ4n) is 2.84. The number of aromatic carboxylic acids is 4. The fourth-order valence-corrected chi connectivity index (χ4v) is 2.84. The highest BCUT2D eigenvalue weighted by atomic mass is 16.4. The standard InChI is InChI=1S/C24H16N2O8/c27-21(28)17-9-15(10-18(25-17)22(29)30)7-5-13-1-2-14(4-3-13)6-8-16-11-19(23(31)32)26-20(12-16)24(33)34/h1-12H,(H,27,28)(H,29,30)(H,31,32)(H,33,34). The summed E-state index contributed by atoms with van der Waals surface area (Å²) in [7, 11) is 0. The van der Waals surface area contributed by atoms with Gasteiger partial charge in [-0.05, 0) is 46.5 Å². The first kappa shape index (κ1) is 23.5. The van der Waals surface area contributed by atoms with Gasteiger partial charge in [0, 0.05) is 0 Å². The maximum Gasteiger partial charge on any atom is 0.354 e. The van der Waals surface area contributed by atoms with E-state index in [0.717, 1.165) is 11.1 Å². The van der Waals surface area contributed by atoms with E-state index in [1.54, 1.807) is 48.6 Å². The number of hydrogen-bond acceptors (Lipinski definition) is 6. The summed E-state index contributed by atoms with van der Waals surface area (Å²) >= 11 is 0. The van der Waals surface area contributed by atoms with Crippen LogP contribution in [0.1, 0.15) is 64.2 Å². The lowest BCUT2D eigenvalue weighted by atomic mass is 10.1. The van der Waals surface area contributed by atoms with Gasteiger partial charge >= 0.3 is 23.9 Å². The zero-order chi connectivity index (χ0) is 24.8. The van der Waals surface area contributed by atoms with E-state index in [-0.39, 0.29) is 22.8 Å². The molecule has 0 aliphatic heterocycles. The van der Waals surface area contributed by atoms with Gasteiger partial charge in [0.05, 0.1) is 0 Å². The van der Waals surface area contributed by atoms with Crippen molar-refractivity contribution in [2.24, 2.45) is 0 Å². The van der Waals surface area contributed by atoms with E-state index >= 15 is 0 Å². The van der Waals surface area contributed by atoms with E-state index in [4.69, 9.17) is 20.4 Å². The molecule has 3 aromatic rings. The van der Waals surface area contributed by atoms with Crippen molar-refractivity contribution in [3.05, 3.63) is 93.6 Å². The second-order valence-electron chi connectivity index (χ2n) is 6.90. The molecule has 2 aromatic heterocycles. The molecule has 0 aliphatic rings. The molecule has 0 saturated heterocycles. The molecule has 0 saturated carbocycles. The molecular weight excluding hydrogens is 444 g/mol. The van der Waals surface area contributed by atoms with Gasteiger partial charge in [-0.25, -0.2) is 29.1 Å². The van der Waals surface area contributed by atoms with Crippen molar-refractivity contribution >= 4 is 48.2 Å². The molecule has 3 rings (SSSR count). The normalized spacial score (nSPS) is 11.1. The lowest BCUT2D eigenvalue weighted by Gasteiger charge is -2.02. The van der Waals surface area contributed by atoms with Gasteiger partial charge in [0.25, 0.3) is 0 Å². The van der Waals surface area contributed by atoms with Crippen LogP contribution in [0.2, 0.25) is 0 Å². The molecule has 0 radical (unpaired) electrons. The van der Waals surface area contributed by atoms with Crippen LogP contribution in [0.25, 0.3) is 24.3 Å². The van der Waals surface area contributed by atoms with E-state index in [1.807, 2.05) is 0 Å². The van der Waals surface area contributed by atoms with Gasteiger partial charge in [-0.1, -0.05) is 48.6 Å². The first-order valence-corrected chi connectivity index (χ1v) is 9.56. The number of aromatic nitrogens is 2. The number of benzene rings is 1. The van der Waals surface area contributed by atoms with Crippen molar-refractivity contribution < 1.29 is 39.6 Å². The Balaban J connectivity index is 1.80. The summed E-state index contributed by atoms with van der Waals surface area (Å²) in [5.41, 5.74) is 0.675. The molecule has 0 atom stereocenters. The topological polar surface area (TPSA) is 175 Å². The van der Waals surface area contributed by atoms with Crippen molar-refractivity contribution in [2.45, 2.75) is 0 Å². The molecule has 1 aromatic carbocycles. The highest BCUT2D eigenvalue weighted by molar-refractivity contribution is 5.92. The van der Waals surface area contributed by atoms with Gasteiger partial charge in [0.15, 0.2) is 0 Å². The van der Waals surface area contributed by atoms with Gasteiger partial charge in [-0.2, -0.15) is 0 Å². The number of carbonyl (C=O) groups is 4. The zero-order valence-corrected chi connectivity index (χ0v) is 17.2. The van der Waals surface area contributed by atoms with Crippen molar-refractivity contribution in [2.75, 3.05) is 0 Å². The van der Waals surface area contributed by atoms with Crippen LogP contribution in [0.15, 0.2) is 48.5 Å². The number of nitrogens with zero attached hydrogens (tertiary/aromatic N) is 2. The van der Waals surface area contributed by atoms with Crippen LogP contribution in [0.3, 0.4) is 0 Å². The Bertz CT molecular complexity index is 1190. The molecule has 2 heterocycles. The van der Waals surface area contributed by atoms with Crippen LogP contribution in [0.5, 0.6) is 0 Å². The molecule has 34 heavy (non-hydrogen) atoms. The van der Waals surface area contributed by atoms with Crippen molar-refractivity contribution in [3.8, 4) is 0 Å². The molecule has 0 spiro atoms. The Morgan fingerprint density at radius 3 is 0.941 bits per heavy atom. The average Bonchev–Trinajstić information content (AvgIpc) is 2.81. The molecule has 0 fully saturated rings. The molecule has 0 bridgehead atoms. The van der Waals surface area contributed by atoms with Crippen molar-refractivity contribution in [3.63, 3.8) is 0 Å². The van der Waals surface area contributed by atoms with Gasteiger partial charge in [-0.15, -0.1) is 0 Å². The average molecular weight is 460 g/mol. The van der Waals surface area contributed by atoms with E-state index < -0.39 is 23.9 Å². The van der Waals surface area contributed by atoms with Gasteiger partial charge in [0.1, 0.15) is 22.8 Å². The molecule has 4 N–H and O–H groups in total. The number of pyridine rings is 2. The maximum absolute atomic E-state index is 11.2. The highest BCUT2D eigenvalue weighted by Gasteiger charge is 2.13. The zero-order valence-electron chi connectivity index (χ0n) is 17.2. The molecule has 10 heteroatoms. The predicted octanol–water partition coefficient (Wildman–Crippen LogP) is 3.61. The summed E-state index contributed by atoms with van der Waals surface area (Å²) in [5, 5.41) is 36.4. The summed E-state index contributed by atoms with van der Waals surface area (Å²) in [6, 6.07) is 12.1. The minimum atomic E-state index is -1.34. The SMILES string of the molecule is O=C(O)c1cc(C=Cc2ccc(C=Cc3cc(C(=O)O)nc(C(=O)O)c3)cc2)cc(C(=O)O)n1. The summed E-state index contributed by atoms with van der Waals surface area (Å²) < 4.78 is 0. The van der Waals surface area contributed by atoms with E-state index in [1.165, 1.54) is 24.3 Å². The van der Waals surface area contributed by atoms with Gasteiger partial charge in [0.2, 0.25) is 0 Å². The second-order valence-corrected chi connectivity index (χ2v) is 6.90. The minimum absolute atomic E-state index is 0.356. The molecular formula is C24H16N2O8. The van der Waals surface area contributed by atoms with Crippen LogP contribution in [-0.4, -0.2) is 54.3 Å². The van der Waals surface area contributed by atoms with Crippen LogP contribution in [-0.2, 0) is 0 Å². The minimum Gasteiger partial charge on any atom is -0.477 e. The van der Waals surface area contributed by atoms with Gasteiger partial charge in [-0.3, -0.25) is 0 Å². The molecule has 0 aliphatic carbocycles. The maximum atomic E-state index is 11.2. The third kappa shape index (κ3) is 5.98. The van der Waals surface area contributed by atoms with Crippen molar-refractivity contribution in [1.82, 2.24) is 9.97 Å². The summed E-state index contributed by atoms with van der Waals surface area (Å²) in [6.45, 7) is 0. The van der Waals surface area contributed by atoms with E-state index in [9.17, 15) is 19.2 Å². The lowest BCUT2D eigenvalue weighted by molar-refractivity contribution is 0.0664. The summed E-state index contributed by atoms with van der Waals surface area (Å²) in [5.74, 6) is -5.36. The van der Waals surface area contributed by atoms with Crippen LogP contribution >= 0.6 is 0 Å². The van der Waals surface area contributed by atoms with Crippen LogP contribution in [0.4, 0.5) is 0 Å². The summed E-state index contributed by atoms with van der Waals surface area (Å²) in [4.78, 5) is 51.8.